The lowest BCUT2D eigenvalue weighted by molar-refractivity contribution is 0.0688. The molecule has 0 saturated heterocycles. The molecule has 7 nitrogen and oxygen atoms in total. The zero-order valence-electron chi connectivity index (χ0n) is 11.3. The number of hydrogen-bond acceptors (Lipinski definition) is 6. The Kier molecular flexibility index (Phi) is 5.64. The average Bonchev–Trinajstić information content (AvgIpc) is 2.39. The second-order valence-electron chi connectivity index (χ2n) is 3.83. The molecular weight excluding hydrogens is 266 g/mol. The lowest BCUT2D eigenvalue weighted by atomic mass is 10.1. The molecule has 1 aromatic carbocycles. The van der Waals surface area contributed by atoms with Crippen LogP contribution in [0.15, 0.2) is 12.1 Å². The van der Waals surface area contributed by atoms with Crippen molar-refractivity contribution in [1.29, 1.82) is 0 Å². The minimum absolute atomic E-state index is 0.0818. The summed E-state index contributed by atoms with van der Waals surface area (Å²) in [5.41, 5.74) is 5.52. The van der Waals surface area contributed by atoms with Gasteiger partial charge in [0.1, 0.15) is 5.56 Å². The summed E-state index contributed by atoms with van der Waals surface area (Å²) in [5, 5.41) is 9.13. The first-order valence-electron chi connectivity index (χ1n) is 6.13. The van der Waals surface area contributed by atoms with Crippen LogP contribution in [0.2, 0.25) is 0 Å². The number of rotatable bonds is 6. The Hall–Kier alpha value is -2.44. The second-order valence-corrected chi connectivity index (χ2v) is 3.83. The molecule has 0 unspecified atom stereocenters. The standard InChI is InChI=1S/C13H17NO6/c1-3-5-19-13(17)20-11-9(12(15)16)6-8(14)7-10(11)18-4-2/h6-7H,3-5,14H2,1-2H3,(H,15,16). The van der Waals surface area contributed by atoms with E-state index in [1.165, 1.54) is 12.1 Å². The first-order chi connectivity index (χ1) is 9.49. The van der Waals surface area contributed by atoms with Crippen LogP contribution in [-0.4, -0.2) is 30.4 Å². The van der Waals surface area contributed by atoms with Crippen molar-refractivity contribution in [2.24, 2.45) is 0 Å². The average molecular weight is 283 g/mol. The van der Waals surface area contributed by atoms with Crippen molar-refractivity contribution in [2.75, 3.05) is 18.9 Å². The summed E-state index contributed by atoms with van der Waals surface area (Å²) in [6, 6.07) is 2.58. The van der Waals surface area contributed by atoms with Gasteiger partial charge in [-0.15, -0.1) is 0 Å². The van der Waals surface area contributed by atoms with Gasteiger partial charge in [-0.2, -0.15) is 0 Å². The van der Waals surface area contributed by atoms with E-state index >= 15 is 0 Å². The number of nitrogens with two attached hydrogens (primary N) is 1. The van der Waals surface area contributed by atoms with Crippen LogP contribution in [0.5, 0.6) is 11.5 Å². The van der Waals surface area contributed by atoms with Gasteiger partial charge in [0, 0.05) is 11.8 Å². The van der Waals surface area contributed by atoms with E-state index in [9.17, 15) is 9.59 Å². The topological polar surface area (TPSA) is 108 Å². The smallest absolute Gasteiger partial charge is 0.490 e. The fourth-order valence-corrected chi connectivity index (χ4v) is 1.45. The molecule has 0 bridgehead atoms. The summed E-state index contributed by atoms with van der Waals surface area (Å²) in [5.74, 6) is -1.41. The molecule has 0 radical (unpaired) electrons. The van der Waals surface area contributed by atoms with Crippen molar-refractivity contribution >= 4 is 17.8 Å². The fraction of sp³-hybridized carbons (Fsp3) is 0.385. The Balaban J connectivity index is 3.12. The third-order valence-electron chi connectivity index (χ3n) is 2.22. The van der Waals surface area contributed by atoms with Gasteiger partial charge in [-0.1, -0.05) is 6.92 Å². The fourth-order valence-electron chi connectivity index (χ4n) is 1.45. The zero-order valence-corrected chi connectivity index (χ0v) is 11.3. The van der Waals surface area contributed by atoms with Gasteiger partial charge in [-0.3, -0.25) is 0 Å². The highest BCUT2D eigenvalue weighted by atomic mass is 16.7. The van der Waals surface area contributed by atoms with E-state index in [1.807, 2.05) is 6.92 Å². The van der Waals surface area contributed by atoms with Crippen LogP contribution < -0.4 is 15.2 Å². The van der Waals surface area contributed by atoms with Crippen molar-refractivity contribution in [3.05, 3.63) is 17.7 Å². The van der Waals surface area contributed by atoms with Crippen molar-refractivity contribution in [1.82, 2.24) is 0 Å². The predicted octanol–water partition coefficient (Wildman–Crippen LogP) is 2.29. The van der Waals surface area contributed by atoms with Crippen LogP contribution in [-0.2, 0) is 4.74 Å². The highest BCUT2D eigenvalue weighted by molar-refractivity contribution is 5.94. The molecule has 1 aromatic rings. The highest BCUT2D eigenvalue weighted by Crippen LogP contribution is 2.34. The molecule has 0 fully saturated rings. The number of carbonyl (C=O) groups excluding carboxylic acids is 1. The normalized spacial score (nSPS) is 9.90. The number of anilines is 1. The van der Waals surface area contributed by atoms with E-state index in [2.05, 4.69) is 0 Å². The largest absolute Gasteiger partial charge is 0.513 e. The number of carboxylic acids is 1. The van der Waals surface area contributed by atoms with Crippen LogP contribution in [0.25, 0.3) is 0 Å². The van der Waals surface area contributed by atoms with Gasteiger partial charge >= 0.3 is 12.1 Å². The molecule has 110 valence electrons. The number of carboxylic acid groups (broad SMARTS) is 1. The molecule has 3 N–H and O–H groups in total. The summed E-state index contributed by atoms with van der Waals surface area (Å²) >= 11 is 0. The summed E-state index contributed by atoms with van der Waals surface area (Å²) in [4.78, 5) is 22.6. The first kappa shape index (κ1) is 15.6. The van der Waals surface area contributed by atoms with Crippen LogP contribution in [0.1, 0.15) is 30.6 Å². The molecule has 0 saturated carbocycles. The van der Waals surface area contributed by atoms with Gasteiger partial charge in [0.15, 0.2) is 11.5 Å². The molecular formula is C13H17NO6. The summed E-state index contributed by atoms with van der Waals surface area (Å²) in [6.07, 6.45) is -0.360. The van der Waals surface area contributed by atoms with Crippen LogP contribution in [0, 0.1) is 0 Å². The molecule has 0 aliphatic carbocycles. The molecule has 0 aromatic heterocycles. The number of aromatic carboxylic acids is 1. The first-order valence-corrected chi connectivity index (χ1v) is 6.13. The van der Waals surface area contributed by atoms with E-state index < -0.39 is 12.1 Å². The van der Waals surface area contributed by atoms with E-state index in [-0.39, 0.29) is 36.0 Å². The van der Waals surface area contributed by atoms with E-state index in [0.717, 1.165) is 0 Å². The maximum Gasteiger partial charge on any atom is 0.513 e. The molecule has 20 heavy (non-hydrogen) atoms. The third-order valence-corrected chi connectivity index (χ3v) is 2.22. The Labute approximate surface area is 116 Å². The van der Waals surface area contributed by atoms with E-state index in [1.54, 1.807) is 6.92 Å². The van der Waals surface area contributed by atoms with Gasteiger partial charge in [-0.05, 0) is 19.4 Å². The molecule has 1 rings (SSSR count). The Bertz CT molecular complexity index is 500. The molecule has 0 aliphatic rings. The summed E-state index contributed by atoms with van der Waals surface area (Å²) < 4.78 is 14.9. The van der Waals surface area contributed by atoms with Gasteiger partial charge in [0.05, 0.1) is 13.2 Å². The summed E-state index contributed by atoms with van der Waals surface area (Å²) in [7, 11) is 0. The van der Waals surface area contributed by atoms with Gasteiger partial charge < -0.3 is 25.1 Å². The van der Waals surface area contributed by atoms with E-state index in [0.29, 0.717) is 6.42 Å². The second kappa shape index (κ2) is 7.22. The molecule has 0 atom stereocenters. The maximum atomic E-state index is 11.5. The lowest BCUT2D eigenvalue weighted by Crippen LogP contribution is -2.15. The number of ether oxygens (including phenoxy) is 3. The number of hydrogen-bond donors (Lipinski definition) is 2. The molecule has 0 heterocycles. The quantitative estimate of drug-likeness (QED) is 0.468. The highest BCUT2D eigenvalue weighted by Gasteiger charge is 2.21. The molecule has 7 heteroatoms. The van der Waals surface area contributed by atoms with Crippen molar-refractivity contribution in [2.45, 2.75) is 20.3 Å². The number of benzene rings is 1. The molecule has 0 amide bonds. The minimum atomic E-state index is -1.28. The van der Waals surface area contributed by atoms with E-state index in [4.69, 9.17) is 25.1 Å². The lowest BCUT2D eigenvalue weighted by Gasteiger charge is -2.13. The van der Waals surface area contributed by atoms with Crippen LogP contribution in [0.3, 0.4) is 0 Å². The van der Waals surface area contributed by atoms with Gasteiger partial charge in [0.2, 0.25) is 0 Å². The maximum absolute atomic E-state index is 11.5. The number of carbonyl (C=O) groups is 2. The van der Waals surface area contributed by atoms with Crippen molar-refractivity contribution < 1.29 is 28.9 Å². The Morgan fingerprint density at radius 2 is 2.00 bits per heavy atom. The monoisotopic (exact) mass is 283 g/mol. The number of nitrogen functional groups attached to an aromatic ring is 1. The van der Waals surface area contributed by atoms with Gasteiger partial charge in [0.25, 0.3) is 0 Å². The molecule has 0 spiro atoms. The SMILES string of the molecule is CCCOC(=O)Oc1c(OCC)cc(N)cc1C(=O)O. The predicted molar refractivity (Wildman–Crippen MR) is 71.2 cm³/mol. The summed E-state index contributed by atoms with van der Waals surface area (Å²) in [6.45, 7) is 3.98. The minimum Gasteiger partial charge on any atom is -0.490 e. The third kappa shape index (κ3) is 4.04. The van der Waals surface area contributed by atoms with Crippen molar-refractivity contribution in [3.63, 3.8) is 0 Å². The zero-order chi connectivity index (χ0) is 15.1. The van der Waals surface area contributed by atoms with Gasteiger partial charge in [-0.25, -0.2) is 9.59 Å². The van der Waals surface area contributed by atoms with Crippen LogP contribution in [0.4, 0.5) is 10.5 Å². The Morgan fingerprint density at radius 3 is 2.55 bits per heavy atom. The van der Waals surface area contributed by atoms with Crippen LogP contribution >= 0.6 is 0 Å². The van der Waals surface area contributed by atoms with Crippen molar-refractivity contribution in [3.8, 4) is 11.5 Å². The Morgan fingerprint density at radius 1 is 1.30 bits per heavy atom. The molecule has 0 aliphatic heterocycles.